The molecule has 9 nitrogen and oxygen atoms in total. The highest BCUT2D eigenvalue weighted by Crippen LogP contribution is 2.32. The Bertz CT molecular complexity index is 1530. The maximum absolute atomic E-state index is 13.3. The molecule has 0 aliphatic rings. The Balaban J connectivity index is 1.41. The van der Waals surface area contributed by atoms with Gasteiger partial charge in [-0.3, -0.25) is 9.82 Å². The molecule has 0 amide bonds. The van der Waals surface area contributed by atoms with Gasteiger partial charge in [0.05, 0.1) is 13.2 Å². The first-order valence-corrected chi connectivity index (χ1v) is 18.7. The molecule has 0 bridgehead atoms. The predicted molar refractivity (Wildman–Crippen MR) is 192 cm³/mol. The summed E-state index contributed by atoms with van der Waals surface area (Å²) in [6.07, 6.45) is 15.0. The minimum atomic E-state index is -1.84. The van der Waals surface area contributed by atoms with Crippen LogP contribution in [0.3, 0.4) is 0 Å². The van der Waals surface area contributed by atoms with Crippen LogP contribution in [0.5, 0.6) is 17.2 Å². The highest BCUT2D eigenvalue weighted by molar-refractivity contribution is 7.82. The Morgan fingerprint density at radius 1 is 0.787 bits per heavy atom. The van der Waals surface area contributed by atoms with Crippen molar-refractivity contribution in [1.29, 1.82) is 0 Å². The number of fused-ring (bicyclic) bond motifs is 1. The quantitative estimate of drug-likeness (QED) is 0.0765. The van der Waals surface area contributed by atoms with Crippen LogP contribution in [-0.4, -0.2) is 37.2 Å². The summed E-state index contributed by atoms with van der Waals surface area (Å²) >= 11 is -1.84. The number of rotatable bonds is 23. The van der Waals surface area contributed by atoms with Gasteiger partial charge >= 0.3 is 11.3 Å². The molecule has 2 N–H and O–H groups in total. The van der Waals surface area contributed by atoms with Crippen LogP contribution in [0.25, 0.3) is 5.65 Å². The summed E-state index contributed by atoms with van der Waals surface area (Å²) in [4.78, 5) is 0. The van der Waals surface area contributed by atoms with Gasteiger partial charge in [0.25, 0.3) is 0 Å². The molecule has 0 fully saturated rings. The molecule has 4 rings (SSSR count). The Hall–Kier alpha value is -3.53. The van der Waals surface area contributed by atoms with Crippen molar-refractivity contribution in [1.82, 2.24) is 19.8 Å². The van der Waals surface area contributed by atoms with Gasteiger partial charge in [-0.2, -0.15) is 4.21 Å². The zero-order valence-electron chi connectivity index (χ0n) is 29.1. The number of aryl methyl sites for hydroxylation is 2. The van der Waals surface area contributed by atoms with Crippen molar-refractivity contribution in [3.05, 3.63) is 65.1 Å². The van der Waals surface area contributed by atoms with E-state index in [1.54, 1.807) is 0 Å². The van der Waals surface area contributed by atoms with Gasteiger partial charge in [-0.25, -0.2) is 4.52 Å². The Morgan fingerprint density at radius 2 is 1.43 bits per heavy atom. The Labute approximate surface area is 284 Å². The number of ether oxygens (including phenoxy) is 2. The molecule has 0 saturated carbocycles. The van der Waals surface area contributed by atoms with Gasteiger partial charge < -0.3 is 13.7 Å². The van der Waals surface area contributed by atoms with Crippen molar-refractivity contribution in [3.63, 3.8) is 0 Å². The highest BCUT2D eigenvalue weighted by atomic mass is 32.2. The average molecular weight is 666 g/mol. The SMILES string of the molecule is CCCCCCCCOc1ccc(NS(=O)Oc2cc(C)ccc2OCCCCCCCC)cc1CC(C)c1nnc2cc(C)[nH]n12. The molecule has 0 aliphatic heterocycles. The molecule has 10 heteroatoms. The molecule has 2 aromatic carbocycles. The molecule has 0 radical (unpaired) electrons. The molecule has 0 aliphatic carbocycles. The summed E-state index contributed by atoms with van der Waals surface area (Å²) in [6.45, 7) is 11.9. The topological polar surface area (TPSA) is 103 Å². The van der Waals surface area contributed by atoms with Crippen LogP contribution >= 0.6 is 0 Å². The summed E-state index contributed by atoms with van der Waals surface area (Å²) < 4.78 is 36.5. The lowest BCUT2D eigenvalue weighted by Gasteiger charge is -2.17. The van der Waals surface area contributed by atoms with Gasteiger partial charge in [-0.1, -0.05) is 91.0 Å². The molecule has 2 aromatic heterocycles. The second kappa shape index (κ2) is 19.3. The van der Waals surface area contributed by atoms with Crippen LogP contribution in [0.2, 0.25) is 0 Å². The normalized spacial score (nSPS) is 12.7. The minimum Gasteiger partial charge on any atom is -0.493 e. The van der Waals surface area contributed by atoms with E-state index in [0.29, 0.717) is 36.8 Å². The number of hydrogen-bond donors (Lipinski definition) is 2. The predicted octanol–water partition coefficient (Wildman–Crippen LogP) is 9.57. The summed E-state index contributed by atoms with van der Waals surface area (Å²) in [7, 11) is 0. The van der Waals surface area contributed by atoms with Gasteiger partial charge in [0, 0.05) is 23.4 Å². The standard InChI is InChI=1S/C37H55N5O4S/c1-6-8-10-12-14-16-22-44-33-21-19-32(27-31(33)25-29(4)37-39-38-36-26-30(5)40-42(36)37)41-47(43)46-35-24-28(3)18-20-34(35)45-23-17-15-13-11-9-7-2/h18-21,24,26-27,29,40-41H,6-17,22-23,25H2,1-5H3. The third-order valence-corrected chi connectivity index (χ3v) is 9.08. The highest BCUT2D eigenvalue weighted by Gasteiger charge is 2.19. The number of anilines is 1. The lowest BCUT2D eigenvalue weighted by molar-refractivity contribution is 0.296. The fraction of sp³-hybridized carbons (Fsp3) is 0.568. The van der Waals surface area contributed by atoms with E-state index in [1.165, 1.54) is 51.4 Å². The first-order chi connectivity index (χ1) is 22.9. The zero-order valence-corrected chi connectivity index (χ0v) is 29.9. The van der Waals surface area contributed by atoms with Gasteiger partial charge in [0.2, 0.25) is 0 Å². The van der Waals surface area contributed by atoms with Crippen LogP contribution < -0.4 is 18.4 Å². The van der Waals surface area contributed by atoms with Crippen LogP contribution in [0, 0.1) is 13.8 Å². The van der Waals surface area contributed by atoms with Gasteiger partial charge in [0.1, 0.15) is 5.75 Å². The van der Waals surface area contributed by atoms with Gasteiger partial charge in [-0.05, 0) is 74.6 Å². The minimum absolute atomic E-state index is 0.0510. The summed E-state index contributed by atoms with van der Waals surface area (Å²) in [5, 5.41) is 12.1. The fourth-order valence-electron chi connectivity index (χ4n) is 5.73. The number of nitrogens with zero attached hydrogens (tertiary/aromatic N) is 3. The van der Waals surface area contributed by atoms with E-state index in [1.807, 2.05) is 60.8 Å². The number of H-pyrrole nitrogens is 1. The van der Waals surface area contributed by atoms with E-state index < -0.39 is 11.3 Å². The molecular weight excluding hydrogens is 611 g/mol. The zero-order chi connectivity index (χ0) is 33.4. The van der Waals surface area contributed by atoms with Crippen molar-refractivity contribution in [2.75, 3.05) is 17.9 Å². The van der Waals surface area contributed by atoms with Crippen molar-refractivity contribution < 1.29 is 17.9 Å². The Kier molecular flexibility index (Phi) is 14.9. The van der Waals surface area contributed by atoms with E-state index in [4.69, 9.17) is 13.7 Å². The number of benzene rings is 2. The fourth-order valence-corrected chi connectivity index (χ4v) is 6.38. The molecule has 0 saturated heterocycles. The van der Waals surface area contributed by atoms with Gasteiger partial charge in [0.15, 0.2) is 23.0 Å². The van der Waals surface area contributed by atoms with E-state index in [0.717, 1.165) is 59.7 Å². The molecule has 2 unspecified atom stereocenters. The van der Waals surface area contributed by atoms with Crippen molar-refractivity contribution in [2.45, 2.75) is 124 Å². The van der Waals surface area contributed by atoms with Crippen LogP contribution in [-0.2, 0) is 17.7 Å². The first kappa shape index (κ1) is 36.3. The summed E-state index contributed by atoms with van der Waals surface area (Å²) in [5.74, 6) is 2.80. The van der Waals surface area contributed by atoms with Crippen LogP contribution in [0.4, 0.5) is 5.69 Å². The molecule has 0 spiro atoms. The van der Waals surface area contributed by atoms with Crippen LogP contribution in [0.15, 0.2) is 42.5 Å². The maximum atomic E-state index is 13.3. The second-order valence-corrected chi connectivity index (χ2v) is 13.6. The first-order valence-electron chi connectivity index (χ1n) is 17.6. The maximum Gasteiger partial charge on any atom is 0.316 e. The number of unbranched alkanes of at least 4 members (excludes halogenated alkanes) is 10. The lowest BCUT2D eigenvalue weighted by Crippen LogP contribution is -2.13. The monoisotopic (exact) mass is 665 g/mol. The molecule has 2 atom stereocenters. The van der Waals surface area contributed by atoms with E-state index >= 15 is 0 Å². The smallest absolute Gasteiger partial charge is 0.316 e. The molecule has 4 aromatic rings. The number of aromatic amines is 1. The average Bonchev–Trinajstić information content (AvgIpc) is 3.61. The van der Waals surface area contributed by atoms with Crippen molar-refractivity contribution in [3.8, 4) is 17.2 Å². The lowest BCUT2D eigenvalue weighted by atomic mass is 9.99. The van der Waals surface area contributed by atoms with Gasteiger partial charge in [-0.15, -0.1) is 10.2 Å². The largest absolute Gasteiger partial charge is 0.493 e. The second-order valence-electron chi connectivity index (χ2n) is 12.7. The molecule has 258 valence electrons. The third kappa shape index (κ3) is 11.6. The van der Waals surface area contributed by atoms with E-state index in [9.17, 15) is 4.21 Å². The van der Waals surface area contributed by atoms with Crippen LogP contribution in [0.1, 0.15) is 126 Å². The number of nitrogens with one attached hydrogen (secondary N) is 2. The number of aromatic nitrogens is 4. The summed E-state index contributed by atoms with van der Waals surface area (Å²) in [6, 6.07) is 13.6. The Morgan fingerprint density at radius 3 is 2.13 bits per heavy atom. The molecule has 2 heterocycles. The molecular formula is C37H55N5O4S. The van der Waals surface area contributed by atoms with Crippen molar-refractivity contribution in [2.24, 2.45) is 0 Å². The third-order valence-electron chi connectivity index (χ3n) is 8.35. The van der Waals surface area contributed by atoms with Crippen molar-refractivity contribution >= 4 is 22.6 Å². The van der Waals surface area contributed by atoms with E-state index in [2.05, 4.69) is 40.8 Å². The molecule has 47 heavy (non-hydrogen) atoms. The number of hydrogen-bond acceptors (Lipinski definition) is 6. The van der Waals surface area contributed by atoms with E-state index in [-0.39, 0.29) is 5.92 Å². The summed E-state index contributed by atoms with van der Waals surface area (Å²) in [5.41, 5.74) is 4.53.